The molecule has 1 amide bonds. The molecule has 3 aromatic rings. The van der Waals surface area contributed by atoms with Gasteiger partial charge >= 0.3 is 0 Å². The first kappa shape index (κ1) is 20.2. The standard InChI is InChI=1S/C22H22FN3O4S/c23-15-4-3-7-19-20(15)24-22(31-19)26(9-8-25-10-12-28-13-11-25)21(27)18-14-29-16-5-1-2-6-17(16)30-18/h1-7,18H,8-14H2. The fourth-order valence-corrected chi connectivity index (χ4v) is 4.71. The summed E-state index contributed by atoms with van der Waals surface area (Å²) >= 11 is 1.30. The van der Waals surface area contributed by atoms with Crippen LogP contribution in [0.1, 0.15) is 0 Å². The summed E-state index contributed by atoms with van der Waals surface area (Å²) in [7, 11) is 0. The number of para-hydroxylation sites is 3. The van der Waals surface area contributed by atoms with E-state index in [0.29, 0.717) is 47.6 Å². The Kier molecular flexibility index (Phi) is 5.71. The number of morpholine rings is 1. The number of rotatable bonds is 5. The van der Waals surface area contributed by atoms with Crippen molar-refractivity contribution in [2.45, 2.75) is 6.10 Å². The molecule has 0 saturated carbocycles. The predicted octanol–water partition coefficient (Wildman–Crippen LogP) is 2.94. The lowest BCUT2D eigenvalue weighted by Gasteiger charge is -2.32. The van der Waals surface area contributed by atoms with Crippen molar-refractivity contribution in [1.29, 1.82) is 0 Å². The van der Waals surface area contributed by atoms with Crippen molar-refractivity contribution < 1.29 is 23.4 Å². The van der Waals surface area contributed by atoms with Gasteiger partial charge in [0.05, 0.1) is 17.9 Å². The van der Waals surface area contributed by atoms with Crippen LogP contribution in [0.4, 0.5) is 9.52 Å². The zero-order valence-electron chi connectivity index (χ0n) is 16.8. The number of thiazole rings is 1. The van der Waals surface area contributed by atoms with Crippen LogP contribution >= 0.6 is 11.3 Å². The van der Waals surface area contributed by atoms with E-state index < -0.39 is 11.9 Å². The highest BCUT2D eigenvalue weighted by atomic mass is 32.1. The van der Waals surface area contributed by atoms with E-state index in [1.807, 2.05) is 18.2 Å². The normalized spacial score (nSPS) is 18.8. The third kappa shape index (κ3) is 4.21. The smallest absolute Gasteiger partial charge is 0.273 e. The van der Waals surface area contributed by atoms with E-state index in [4.69, 9.17) is 14.2 Å². The van der Waals surface area contributed by atoms with Crippen LogP contribution in [0.15, 0.2) is 42.5 Å². The summed E-state index contributed by atoms with van der Waals surface area (Å²) in [6, 6.07) is 12.1. The number of hydrogen-bond acceptors (Lipinski definition) is 7. The first-order valence-electron chi connectivity index (χ1n) is 10.2. The molecule has 1 saturated heterocycles. The average Bonchev–Trinajstić information content (AvgIpc) is 3.25. The lowest BCUT2D eigenvalue weighted by molar-refractivity contribution is -0.127. The largest absolute Gasteiger partial charge is 0.485 e. The minimum absolute atomic E-state index is 0.114. The number of nitrogens with zero attached hydrogens (tertiary/aromatic N) is 3. The number of benzene rings is 2. The molecule has 0 radical (unpaired) electrons. The summed E-state index contributed by atoms with van der Waals surface area (Å²) in [5.74, 6) is 0.512. The first-order chi connectivity index (χ1) is 15.2. The number of amides is 1. The molecule has 5 rings (SSSR count). The molecule has 0 spiro atoms. The zero-order chi connectivity index (χ0) is 21.2. The number of ether oxygens (including phenoxy) is 3. The van der Waals surface area contributed by atoms with Gasteiger partial charge in [-0.2, -0.15) is 0 Å². The Morgan fingerprint density at radius 3 is 2.77 bits per heavy atom. The molecule has 7 nitrogen and oxygen atoms in total. The zero-order valence-corrected chi connectivity index (χ0v) is 17.6. The van der Waals surface area contributed by atoms with Gasteiger partial charge in [0.2, 0.25) is 6.10 Å². The van der Waals surface area contributed by atoms with Crippen LogP contribution in [0, 0.1) is 5.82 Å². The van der Waals surface area contributed by atoms with Gasteiger partial charge in [-0.05, 0) is 24.3 Å². The van der Waals surface area contributed by atoms with E-state index in [1.165, 1.54) is 17.4 Å². The molecule has 31 heavy (non-hydrogen) atoms. The second-order valence-corrected chi connectivity index (χ2v) is 8.40. The number of carbonyl (C=O) groups excluding carboxylic acids is 1. The molecule has 2 aliphatic heterocycles. The Balaban J connectivity index is 1.41. The van der Waals surface area contributed by atoms with Crippen LogP contribution in [0.3, 0.4) is 0 Å². The molecule has 1 aromatic heterocycles. The van der Waals surface area contributed by atoms with Gasteiger partial charge in [0.1, 0.15) is 17.9 Å². The molecule has 0 bridgehead atoms. The highest BCUT2D eigenvalue weighted by Crippen LogP contribution is 2.34. The molecular formula is C22H22FN3O4S. The Morgan fingerprint density at radius 1 is 1.16 bits per heavy atom. The minimum atomic E-state index is -0.795. The first-order valence-corrected chi connectivity index (χ1v) is 11.1. The van der Waals surface area contributed by atoms with Gasteiger partial charge in [-0.15, -0.1) is 0 Å². The third-order valence-electron chi connectivity index (χ3n) is 5.38. The van der Waals surface area contributed by atoms with Gasteiger partial charge in [0, 0.05) is 26.2 Å². The van der Waals surface area contributed by atoms with E-state index in [1.54, 1.807) is 23.1 Å². The monoisotopic (exact) mass is 443 g/mol. The van der Waals surface area contributed by atoms with Gasteiger partial charge in [-0.3, -0.25) is 14.6 Å². The molecular weight excluding hydrogens is 421 g/mol. The molecule has 2 aromatic carbocycles. The summed E-state index contributed by atoms with van der Waals surface area (Å²) in [5.41, 5.74) is 0.276. The second-order valence-electron chi connectivity index (χ2n) is 7.39. The summed E-state index contributed by atoms with van der Waals surface area (Å²) in [6.07, 6.45) is -0.795. The van der Waals surface area contributed by atoms with Crippen molar-refractivity contribution in [3.63, 3.8) is 0 Å². The minimum Gasteiger partial charge on any atom is -0.485 e. The fourth-order valence-electron chi connectivity index (χ4n) is 3.70. The Hall–Kier alpha value is -2.75. The third-order valence-corrected chi connectivity index (χ3v) is 6.43. The van der Waals surface area contributed by atoms with Crippen molar-refractivity contribution in [2.75, 3.05) is 50.9 Å². The molecule has 9 heteroatoms. The van der Waals surface area contributed by atoms with Crippen LogP contribution < -0.4 is 14.4 Å². The van der Waals surface area contributed by atoms with Crippen molar-refractivity contribution in [3.05, 3.63) is 48.3 Å². The van der Waals surface area contributed by atoms with E-state index in [-0.39, 0.29) is 18.0 Å². The van der Waals surface area contributed by atoms with E-state index in [2.05, 4.69) is 9.88 Å². The molecule has 2 aliphatic rings. The SMILES string of the molecule is O=C(C1COc2ccccc2O1)N(CCN1CCOCC1)c1nc2c(F)cccc2s1. The fraction of sp³-hybridized carbons (Fsp3) is 0.364. The van der Waals surface area contributed by atoms with Crippen molar-refractivity contribution in [2.24, 2.45) is 0 Å². The van der Waals surface area contributed by atoms with Gasteiger partial charge in [-0.25, -0.2) is 9.37 Å². The highest BCUT2D eigenvalue weighted by Gasteiger charge is 2.33. The predicted molar refractivity (Wildman–Crippen MR) is 116 cm³/mol. The lowest BCUT2D eigenvalue weighted by atomic mass is 10.2. The second kappa shape index (κ2) is 8.78. The number of aromatic nitrogens is 1. The lowest BCUT2D eigenvalue weighted by Crippen LogP contribution is -2.49. The number of halogens is 1. The van der Waals surface area contributed by atoms with E-state index in [0.717, 1.165) is 13.1 Å². The Labute approximate surface area is 182 Å². The maximum atomic E-state index is 14.2. The average molecular weight is 444 g/mol. The number of carbonyl (C=O) groups is 1. The van der Waals surface area contributed by atoms with Crippen molar-refractivity contribution in [1.82, 2.24) is 9.88 Å². The summed E-state index contributed by atoms with van der Waals surface area (Å²) < 4.78 is 32.0. The number of hydrogen-bond donors (Lipinski definition) is 0. The molecule has 1 unspecified atom stereocenters. The molecule has 3 heterocycles. The molecule has 0 aliphatic carbocycles. The molecule has 162 valence electrons. The summed E-state index contributed by atoms with van der Waals surface area (Å²) in [4.78, 5) is 21.8. The van der Waals surface area contributed by atoms with Crippen LogP contribution in [0.2, 0.25) is 0 Å². The topological polar surface area (TPSA) is 64.1 Å². The molecule has 1 atom stereocenters. The van der Waals surface area contributed by atoms with Gasteiger partial charge in [0.25, 0.3) is 5.91 Å². The van der Waals surface area contributed by atoms with Gasteiger partial charge < -0.3 is 14.2 Å². The Bertz CT molecular complexity index is 1090. The van der Waals surface area contributed by atoms with Crippen molar-refractivity contribution >= 4 is 32.6 Å². The maximum absolute atomic E-state index is 14.2. The molecule has 0 N–H and O–H groups in total. The summed E-state index contributed by atoms with van der Waals surface area (Å²) in [5, 5.41) is 0.459. The number of anilines is 1. The van der Waals surface area contributed by atoms with E-state index in [9.17, 15) is 9.18 Å². The van der Waals surface area contributed by atoms with Gasteiger partial charge in [-0.1, -0.05) is 29.5 Å². The quantitative estimate of drug-likeness (QED) is 0.604. The molecule has 1 fully saturated rings. The van der Waals surface area contributed by atoms with Crippen LogP contribution in [-0.2, 0) is 9.53 Å². The van der Waals surface area contributed by atoms with E-state index >= 15 is 0 Å². The van der Waals surface area contributed by atoms with Crippen molar-refractivity contribution in [3.8, 4) is 11.5 Å². The Morgan fingerprint density at radius 2 is 1.97 bits per heavy atom. The van der Waals surface area contributed by atoms with Crippen LogP contribution in [-0.4, -0.2) is 67.9 Å². The summed E-state index contributed by atoms with van der Waals surface area (Å²) in [6.45, 7) is 4.18. The van der Waals surface area contributed by atoms with Gasteiger partial charge in [0.15, 0.2) is 16.6 Å². The maximum Gasteiger partial charge on any atom is 0.273 e. The highest BCUT2D eigenvalue weighted by molar-refractivity contribution is 7.22. The number of fused-ring (bicyclic) bond motifs is 2. The van der Waals surface area contributed by atoms with Crippen LogP contribution in [0.25, 0.3) is 10.2 Å². The van der Waals surface area contributed by atoms with Crippen LogP contribution in [0.5, 0.6) is 11.5 Å².